The zero-order chi connectivity index (χ0) is 18.6. The fourth-order valence-electron chi connectivity index (χ4n) is 2.95. The van der Waals surface area contributed by atoms with Crippen LogP contribution in [0.4, 0.5) is 5.82 Å². The van der Waals surface area contributed by atoms with Crippen LogP contribution in [0.25, 0.3) is 22.3 Å². The lowest BCUT2D eigenvalue weighted by Gasteiger charge is -2.11. The largest absolute Gasteiger partial charge is 0.369 e. The predicted molar refractivity (Wildman–Crippen MR) is 114 cm³/mol. The van der Waals surface area contributed by atoms with Gasteiger partial charge < -0.3 is 5.32 Å². The third-order valence-corrected chi connectivity index (χ3v) is 5.06. The molecule has 134 valence electrons. The van der Waals surface area contributed by atoms with E-state index in [1.807, 2.05) is 72.8 Å². The molecule has 0 aliphatic rings. The van der Waals surface area contributed by atoms with Crippen LogP contribution in [0.15, 0.2) is 72.8 Å². The smallest absolute Gasteiger partial charge is 0.162 e. The zero-order valence-electron chi connectivity index (χ0n) is 14.5. The van der Waals surface area contributed by atoms with Gasteiger partial charge in [0.15, 0.2) is 5.82 Å². The molecule has 0 aliphatic heterocycles. The molecule has 4 rings (SSSR count). The highest BCUT2D eigenvalue weighted by atomic mass is 35.5. The van der Waals surface area contributed by atoms with Gasteiger partial charge in [0.1, 0.15) is 5.82 Å². The molecule has 3 nitrogen and oxygen atoms in total. The molecule has 1 heterocycles. The van der Waals surface area contributed by atoms with Crippen molar-refractivity contribution in [2.24, 2.45) is 0 Å². The molecule has 1 N–H and O–H groups in total. The Morgan fingerprint density at radius 3 is 2.37 bits per heavy atom. The summed E-state index contributed by atoms with van der Waals surface area (Å²) >= 11 is 12.1. The molecule has 0 aliphatic carbocycles. The molecule has 0 saturated carbocycles. The first-order chi connectivity index (χ1) is 13.2. The van der Waals surface area contributed by atoms with Crippen molar-refractivity contribution in [1.29, 1.82) is 0 Å². The number of aromatic nitrogens is 2. The molecule has 5 heteroatoms. The summed E-state index contributed by atoms with van der Waals surface area (Å²) in [5.74, 6) is 1.55. The van der Waals surface area contributed by atoms with E-state index in [0.717, 1.165) is 40.8 Å². The number of rotatable bonds is 5. The first-order valence-corrected chi connectivity index (χ1v) is 9.46. The van der Waals surface area contributed by atoms with E-state index >= 15 is 0 Å². The summed E-state index contributed by atoms with van der Waals surface area (Å²) in [5, 5.41) is 5.61. The average Bonchev–Trinajstić information content (AvgIpc) is 2.71. The van der Waals surface area contributed by atoms with Crippen LogP contribution in [-0.2, 0) is 6.42 Å². The van der Waals surface area contributed by atoms with Gasteiger partial charge in [0.25, 0.3) is 0 Å². The van der Waals surface area contributed by atoms with Crippen LogP contribution in [0.5, 0.6) is 0 Å². The number of para-hydroxylation sites is 1. The fourth-order valence-corrected chi connectivity index (χ4v) is 3.27. The Labute approximate surface area is 168 Å². The second-order valence-corrected chi connectivity index (χ2v) is 7.02. The molecule has 4 aromatic rings. The van der Waals surface area contributed by atoms with Gasteiger partial charge in [-0.15, -0.1) is 0 Å². The van der Waals surface area contributed by atoms with E-state index in [0.29, 0.717) is 15.9 Å². The Morgan fingerprint density at radius 2 is 1.56 bits per heavy atom. The highest BCUT2D eigenvalue weighted by Gasteiger charge is 2.09. The molecular weight excluding hydrogens is 377 g/mol. The molecule has 0 fully saturated rings. The van der Waals surface area contributed by atoms with Crippen LogP contribution >= 0.6 is 23.2 Å². The highest BCUT2D eigenvalue weighted by Crippen LogP contribution is 2.25. The maximum absolute atomic E-state index is 6.10. The highest BCUT2D eigenvalue weighted by molar-refractivity contribution is 6.42. The lowest BCUT2D eigenvalue weighted by atomic mass is 10.1. The Morgan fingerprint density at radius 1 is 0.778 bits per heavy atom. The number of fused-ring (bicyclic) bond motifs is 1. The molecule has 0 saturated heterocycles. The van der Waals surface area contributed by atoms with Crippen LogP contribution in [0, 0.1) is 0 Å². The van der Waals surface area contributed by atoms with Gasteiger partial charge in [-0.05, 0) is 36.2 Å². The lowest BCUT2D eigenvalue weighted by molar-refractivity contribution is 1.01. The quantitative estimate of drug-likeness (QED) is 0.434. The molecule has 1 aromatic heterocycles. The summed E-state index contributed by atoms with van der Waals surface area (Å²) in [6.45, 7) is 0.729. The van der Waals surface area contributed by atoms with Crippen LogP contribution in [0.3, 0.4) is 0 Å². The maximum Gasteiger partial charge on any atom is 0.162 e. The van der Waals surface area contributed by atoms with E-state index in [9.17, 15) is 0 Å². The number of hydrogen-bond donors (Lipinski definition) is 1. The third-order valence-electron chi connectivity index (χ3n) is 4.33. The Balaban J connectivity index is 1.61. The predicted octanol–water partition coefficient (Wildman–Crippen LogP) is 6.26. The van der Waals surface area contributed by atoms with E-state index < -0.39 is 0 Å². The van der Waals surface area contributed by atoms with Gasteiger partial charge >= 0.3 is 0 Å². The van der Waals surface area contributed by atoms with E-state index in [1.54, 1.807) is 0 Å². The normalized spacial score (nSPS) is 10.9. The molecule has 0 unspecified atom stereocenters. The molecular formula is C22H17Cl2N3. The summed E-state index contributed by atoms with van der Waals surface area (Å²) in [6, 6.07) is 23.8. The molecule has 27 heavy (non-hydrogen) atoms. The van der Waals surface area contributed by atoms with Crippen LogP contribution < -0.4 is 5.32 Å². The molecule has 0 atom stereocenters. The van der Waals surface area contributed by atoms with Gasteiger partial charge in [-0.1, -0.05) is 71.7 Å². The van der Waals surface area contributed by atoms with Crippen molar-refractivity contribution in [1.82, 2.24) is 9.97 Å². The minimum atomic E-state index is 0.572. The summed E-state index contributed by atoms with van der Waals surface area (Å²) < 4.78 is 0. The molecule has 3 aromatic carbocycles. The second kappa shape index (κ2) is 7.95. The first-order valence-electron chi connectivity index (χ1n) is 8.71. The minimum absolute atomic E-state index is 0.572. The van der Waals surface area contributed by atoms with Gasteiger partial charge in [0, 0.05) is 17.5 Å². The van der Waals surface area contributed by atoms with Crippen molar-refractivity contribution in [2.75, 3.05) is 11.9 Å². The van der Waals surface area contributed by atoms with Crippen molar-refractivity contribution in [2.45, 2.75) is 6.42 Å². The fraction of sp³-hybridized carbons (Fsp3) is 0.0909. The number of hydrogen-bond acceptors (Lipinski definition) is 3. The van der Waals surface area contributed by atoms with Crippen LogP contribution in [0.2, 0.25) is 10.0 Å². The topological polar surface area (TPSA) is 37.8 Å². The number of nitrogens with zero attached hydrogens (tertiary/aromatic N) is 2. The van der Waals surface area contributed by atoms with Crippen LogP contribution in [-0.4, -0.2) is 16.5 Å². The van der Waals surface area contributed by atoms with E-state index in [-0.39, 0.29) is 0 Å². The van der Waals surface area contributed by atoms with Crippen molar-refractivity contribution in [3.8, 4) is 11.4 Å². The maximum atomic E-state index is 6.10. The SMILES string of the molecule is Clc1ccc(CCNc2nc(-c3ccccc3)nc3ccccc23)cc1Cl. The van der Waals surface area contributed by atoms with E-state index in [4.69, 9.17) is 33.2 Å². The Hall–Kier alpha value is -2.62. The lowest BCUT2D eigenvalue weighted by Crippen LogP contribution is -2.08. The van der Waals surface area contributed by atoms with E-state index in [2.05, 4.69) is 5.32 Å². The average molecular weight is 394 g/mol. The number of benzene rings is 3. The zero-order valence-corrected chi connectivity index (χ0v) is 16.0. The van der Waals surface area contributed by atoms with Crippen molar-refractivity contribution < 1.29 is 0 Å². The van der Waals surface area contributed by atoms with E-state index in [1.165, 1.54) is 0 Å². The van der Waals surface area contributed by atoms with Crippen molar-refractivity contribution >= 4 is 39.9 Å². The number of nitrogens with one attached hydrogen (secondary N) is 1. The van der Waals surface area contributed by atoms with Gasteiger partial charge in [-0.2, -0.15) is 0 Å². The molecule has 0 bridgehead atoms. The minimum Gasteiger partial charge on any atom is -0.369 e. The van der Waals surface area contributed by atoms with Crippen LogP contribution in [0.1, 0.15) is 5.56 Å². The van der Waals surface area contributed by atoms with Gasteiger partial charge in [-0.25, -0.2) is 9.97 Å². The van der Waals surface area contributed by atoms with Crippen molar-refractivity contribution in [3.05, 3.63) is 88.4 Å². The molecule has 0 radical (unpaired) electrons. The summed E-state index contributed by atoms with van der Waals surface area (Å²) in [7, 11) is 0. The molecule has 0 spiro atoms. The number of halogens is 2. The monoisotopic (exact) mass is 393 g/mol. The summed E-state index contributed by atoms with van der Waals surface area (Å²) in [4.78, 5) is 9.48. The Bertz CT molecular complexity index is 1080. The summed E-state index contributed by atoms with van der Waals surface area (Å²) in [5.41, 5.74) is 3.04. The standard InChI is InChI=1S/C22H17Cl2N3/c23-18-11-10-15(14-19(18)24)12-13-25-22-17-8-4-5-9-20(17)26-21(27-22)16-6-2-1-3-7-16/h1-11,14H,12-13H2,(H,25,26,27). The van der Waals surface area contributed by atoms with Gasteiger partial charge in [0.2, 0.25) is 0 Å². The second-order valence-electron chi connectivity index (χ2n) is 6.20. The Kier molecular flexibility index (Phi) is 5.23. The first kappa shape index (κ1) is 17.8. The summed E-state index contributed by atoms with van der Waals surface area (Å²) in [6.07, 6.45) is 0.815. The van der Waals surface area contributed by atoms with Gasteiger partial charge in [-0.3, -0.25) is 0 Å². The third kappa shape index (κ3) is 4.05. The van der Waals surface area contributed by atoms with Crippen molar-refractivity contribution in [3.63, 3.8) is 0 Å². The number of anilines is 1. The van der Waals surface area contributed by atoms with Gasteiger partial charge in [0.05, 0.1) is 15.6 Å². The molecule has 0 amide bonds.